The van der Waals surface area contributed by atoms with Gasteiger partial charge in [0, 0.05) is 11.5 Å². The van der Waals surface area contributed by atoms with Gasteiger partial charge in [-0.25, -0.2) is 0 Å². The molecule has 3 heteroatoms. The van der Waals surface area contributed by atoms with Crippen molar-refractivity contribution in [3.05, 3.63) is 23.3 Å². The van der Waals surface area contributed by atoms with Crippen LogP contribution in [0.4, 0.5) is 0 Å². The summed E-state index contributed by atoms with van der Waals surface area (Å²) in [4.78, 5) is 2.54. The topological polar surface area (TPSA) is 32.7 Å². The second-order valence-electron chi connectivity index (χ2n) is 5.86. The first kappa shape index (κ1) is 12.8. The third-order valence-corrected chi connectivity index (χ3v) is 4.45. The number of likely N-dealkylation sites (tertiary alicyclic amines) is 1. The molecule has 3 rings (SSSR count). The molecule has 0 spiro atoms. The number of piperidine rings is 1. The van der Waals surface area contributed by atoms with Crippen LogP contribution in [-0.2, 0) is 0 Å². The van der Waals surface area contributed by atoms with E-state index in [1.165, 1.54) is 19.4 Å². The molecule has 104 valence electrons. The van der Waals surface area contributed by atoms with Crippen LogP contribution in [0.15, 0.2) is 12.1 Å². The van der Waals surface area contributed by atoms with Gasteiger partial charge < -0.3 is 9.84 Å². The summed E-state index contributed by atoms with van der Waals surface area (Å²) in [5.74, 6) is 1.75. The van der Waals surface area contributed by atoms with E-state index < -0.39 is 0 Å². The Kier molecular flexibility index (Phi) is 3.40. The summed E-state index contributed by atoms with van der Waals surface area (Å²) < 4.78 is 5.93. The highest BCUT2D eigenvalue weighted by Gasteiger charge is 2.38. The lowest BCUT2D eigenvalue weighted by atomic mass is 9.81. The zero-order valence-corrected chi connectivity index (χ0v) is 11.9. The predicted molar refractivity (Wildman–Crippen MR) is 76.0 cm³/mol. The molecule has 2 aliphatic rings. The Labute approximate surface area is 115 Å². The molecule has 2 heterocycles. The number of phenolic OH excluding ortho intramolecular Hbond substituents is 1. The molecule has 0 amide bonds. The minimum atomic E-state index is 0.419. The number of aryl methyl sites for hydroxylation is 1. The first-order valence-corrected chi connectivity index (χ1v) is 7.41. The van der Waals surface area contributed by atoms with Crippen LogP contribution < -0.4 is 4.74 Å². The van der Waals surface area contributed by atoms with Crippen molar-refractivity contribution < 1.29 is 9.84 Å². The molecule has 0 unspecified atom stereocenters. The minimum absolute atomic E-state index is 0.419. The van der Waals surface area contributed by atoms with Gasteiger partial charge in [0.25, 0.3) is 0 Å². The molecule has 1 aromatic carbocycles. The molecule has 3 nitrogen and oxygen atoms in total. The number of rotatable bonds is 2. The average Bonchev–Trinajstić information content (AvgIpc) is 2.38. The van der Waals surface area contributed by atoms with Crippen LogP contribution in [0.25, 0.3) is 0 Å². The summed E-state index contributed by atoms with van der Waals surface area (Å²) in [6.45, 7) is 7.29. The number of ether oxygens (including phenoxy) is 1. The third-order valence-electron chi connectivity index (χ3n) is 4.45. The molecule has 0 aliphatic carbocycles. The zero-order valence-electron chi connectivity index (χ0n) is 11.9. The van der Waals surface area contributed by atoms with Crippen LogP contribution in [0.5, 0.6) is 11.5 Å². The fourth-order valence-corrected chi connectivity index (χ4v) is 3.66. The van der Waals surface area contributed by atoms with Crippen molar-refractivity contribution in [2.24, 2.45) is 0 Å². The van der Waals surface area contributed by atoms with E-state index in [1.807, 2.05) is 13.0 Å². The van der Waals surface area contributed by atoms with Crippen molar-refractivity contribution in [3.8, 4) is 11.5 Å². The molecule has 0 bridgehead atoms. The van der Waals surface area contributed by atoms with Gasteiger partial charge in [0.05, 0.1) is 6.04 Å². The second kappa shape index (κ2) is 5.04. The number of fused-ring (bicyclic) bond motifs is 3. The van der Waals surface area contributed by atoms with Gasteiger partial charge >= 0.3 is 0 Å². The van der Waals surface area contributed by atoms with E-state index in [0.29, 0.717) is 17.7 Å². The highest BCUT2D eigenvalue weighted by atomic mass is 16.5. The molecule has 0 saturated carbocycles. The van der Waals surface area contributed by atoms with Crippen LogP contribution >= 0.6 is 0 Å². The van der Waals surface area contributed by atoms with Crippen LogP contribution in [0.1, 0.15) is 43.2 Å². The Morgan fingerprint density at radius 2 is 2.26 bits per heavy atom. The Balaban J connectivity index is 1.96. The molecular formula is C16H23NO2. The van der Waals surface area contributed by atoms with Crippen molar-refractivity contribution in [3.63, 3.8) is 0 Å². The van der Waals surface area contributed by atoms with E-state index in [0.717, 1.165) is 36.4 Å². The standard InChI is InChI=1S/C16H23NO2/c1-3-6-17-7-4-5-12-13(17)10-19-15-9-11(2)8-14(18)16(12)15/h8-9,12-13,18H,3-7,10H2,1-2H3/t12-,13+/m0/s1. The lowest BCUT2D eigenvalue weighted by Crippen LogP contribution is -2.49. The Morgan fingerprint density at radius 1 is 1.42 bits per heavy atom. The molecule has 19 heavy (non-hydrogen) atoms. The quantitative estimate of drug-likeness (QED) is 0.888. The molecule has 0 aromatic heterocycles. The SMILES string of the molecule is CCCN1CCC[C@@H]2c3c(O)cc(C)cc3OC[C@H]21. The molecule has 1 saturated heterocycles. The van der Waals surface area contributed by atoms with Gasteiger partial charge in [-0.15, -0.1) is 0 Å². The smallest absolute Gasteiger partial charge is 0.126 e. The molecule has 2 atom stereocenters. The first-order chi connectivity index (χ1) is 9.20. The van der Waals surface area contributed by atoms with E-state index in [1.54, 1.807) is 0 Å². The van der Waals surface area contributed by atoms with E-state index in [-0.39, 0.29) is 0 Å². The van der Waals surface area contributed by atoms with Gasteiger partial charge in [0.15, 0.2) is 0 Å². The maximum Gasteiger partial charge on any atom is 0.126 e. The predicted octanol–water partition coefficient (Wildman–Crippen LogP) is 3.05. The highest BCUT2D eigenvalue weighted by Crippen LogP contribution is 2.45. The third kappa shape index (κ3) is 2.20. The molecule has 0 radical (unpaired) electrons. The summed E-state index contributed by atoms with van der Waals surface area (Å²) in [6, 6.07) is 4.36. The lowest BCUT2D eigenvalue weighted by molar-refractivity contribution is 0.0646. The molecular weight excluding hydrogens is 238 g/mol. The van der Waals surface area contributed by atoms with Crippen LogP contribution in [-0.4, -0.2) is 35.7 Å². The van der Waals surface area contributed by atoms with Gasteiger partial charge in [-0.3, -0.25) is 4.90 Å². The fourth-order valence-electron chi connectivity index (χ4n) is 3.66. The fraction of sp³-hybridized carbons (Fsp3) is 0.625. The van der Waals surface area contributed by atoms with Gasteiger partial charge in [-0.05, 0) is 57.0 Å². The summed E-state index contributed by atoms with van der Waals surface area (Å²) in [5.41, 5.74) is 2.11. The van der Waals surface area contributed by atoms with E-state index in [4.69, 9.17) is 4.74 Å². The van der Waals surface area contributed by atoms with Gasteiger partial charge in [0.2, 0.25) is 0 Å². The van der Waals surface area contributed by atoms with Crippen molar-refractivity contribution in [1.29, 1.82) is 0 Å². The van der Waals surface area contributed by atoms with Crippen molar-refractivity contribution in [1.82, 2.24) is 4.90 Å². The van der Waals surface area contributed by atoms with Gasteiger partial charge in [-0.2, -0.15) is 0 Å². The monoisotopic (exact) mass is 261 g/mol. The van der Waals surface area contributed by atoms with E-state index in [9.17, 15) is 5.11 Å². The van der Waals surface area contributed by atoms with Crippen molar-refractivity contribution in [2.75, 3.05) is 19.7 Å². The number of hydrogen-bond donors (Lipinski definition) is 1. The number of aromatic hydroxyl groups is 1. The van der Waals surface area contributed by atoms with E-state index >= 15 is 0 Å². The van der Waals surface area contributed by atoms with Crippen LogP contribution in [0.2, 0.25) is 0 Å². The maximum atomic E-state index is 10.3. The molecule has 1 N–H and O–H groups in total. The molecule has 1 fully saturated rings. The largest absolute Gasteiger partial charge is 0.508 e. The molecule has 1 aromatic rings. The Morgan fingerprint density at radius 3 is 3.05 bits per heavy atom. The number of nitrogens with zero attached hydrogens (tertiary/aromatic N) is 1. The maximum absolute atomic E-state index is 10.3. The van der Waals surface area contributed by atoms with E-state index in [2.05, 4.69) is 17.9 Å². The van der Waals surface area contributed by atoms with Gasteiger partial charge in [0.1, 0.15) is 18.1 Å². The summed E-state index contributed by atoms with van der Waals surface area (Å²) in [6.07, 6.45) is 3.56. The molecule has 2 aliphatic heterocycles. The average molecular weight is 261 g/mol. The minimum Gasteiger partial charge on any atom is -0.508 e. The summed E-state index contributed by atoms with van der Waals surface area (Å²) in [7, 11) is 0. The number of benzene rings is 1. The zero-order chi connectivity index (χ0) is 13.4. The number of phenols is 1. The van der Waals surface area contributed by atoms with Crippen molar-refractivity contribution >= 4 is 0 Å². The van der Waals surface area contributed by atoms with Crippen molar-refractivity contribution in [2.45, 2.75) is 45.1 Å². The van der Waals surface area contributed by atoms with Crippen LogP contribution in [0.3, 0.4) is 0 Å². The summed E-state index contributed by atoms with van der Waals surface area (Å²) >= 11 is 0. The summed E-state index contributed by atoms with van der Waals surface area (Å²) in [5, 5.41) is 10.3. The second-order valence-corrected chi connectivity index (χ2v) is 5.86. The number of hydrogen-bond acceptors (Lipinski definition) is 3. The Bertz CT molecular complexity index is 470. The highest BCUT2D eigenvalue weighted by molar-refractivity contribution is 5.51. The normalized spacial score (nSPS) is 26.4. The van der Waals surface area contributed by atoms with Gasteiger partial charge in [-0.1, -0.05) is 6.92 Å². The van der Waals surface area contributed by atoms with Crippen LogP contribution in [0, 0.1) is 6.92 Å². The first-order valence-electron chi connectivity index (χ1n) is 7.41. The lowest BCUT2D eigenvalue weighted by Gasteiger charge is -2.44. The Hall–Kier alpha value is -1.22.